The fourth-order valence-corrected chi connectivity index (χ4v) is 1.89. The van der Waals surface area contributed by atoms with E-state index in [1.165, 1.54) is 17.9 Å². The average molecular weight is 219 g/mol. The molecule has 0 aromatic carbocycles. The largest absolute Gasteiger partial charge is 0.435 e. The van der Waals surface area contributed by atoms with Crippen molar-refractivity contribution in [1.82, 2.24) is 9.78 Å². The van der Waals surface area contributed by atoms with Crippen molar-refractivity contribution in [1.29, 1.82) is 0 Å². The predicted octanol–water partition coefficient (Wildman–Crippen LogP) is 1.50. The summed E-state index contributed by atoms with van der Waals surface area (Å²) in [6, 6.07) is 0. The maximum absolute atomic E-state index is 12.6. The van der Waals surface area contributed by atoms with Crippen molar-refractivity contribution in [2.75, 3.05) is 6.54 Å². The molecule has 1 aliphatic carbocycles. The van der Waals surface area contributed by atoms with Crippen molar-refractivity contribution in [3.8, 4) is 0 Å². The number of nitrogens with zero attached hydrogens (tertiary/aromatic N) is 2. The number of aromatic nitrogens is 2. The van der Waals surface area contributed by atoms with E-state index in [9.17, 15) is 13.2 Å². The van der Waals surface area contributed by atoms with Crippen LogP contribution in [0, 0.1) is 5.92 Å². The van der Waals surface area contributed by atoms with Gasteiger partial charge in [-0.3, -0.25) is 4.68 Å². The molecule has 6 heteroatoms. The lowest BCUT2D eigenvalue weighted by atomic mass is 10.1. The van der Waals surface area contributed by atoms with E-state index in [4.69, 9.17) is 5.73 Å². The quantitative estimate of drug-likeness (QED) is 0.819. The second-order valence-corrected chi connectivity index (χ2v) is 3.94. The molecular formula is C9H12F3N3. The Morgan fingerprint density at radius 3 is 2.73 bits per heavy atom. The molecule has 1 aromatic rings. The van der Waals surface area contributed by atoms with Crippen LogP contribution in [0.4, 0.5) is 13.2 Å². The Morgan fingerprint density at radius 1 is 1.60 bits per heavy atom. The molecule has 2 atom stereocenters. The molecule has 1 heterocycles. The van der Waals surface area contributed by atoms with Gasteiger partial charge in [0.15, 0.2) is 5.69 Å². The second kappa shape index (κ2) is 3.23. The molecule has 1 aliphatic rings. The van der Waals surface area contributed by atoms with Gasteiger partial charge in [0.1, 0.15) is 0 Å². The summed E-state index contributed by atoms with van der Waals surface area (Å²) in [6.07, 6.45) is -2.17. The molecule has 0 saturated heterocycles. The van der Waals surface area contributed by atoms with Crippen LogP contribution in [0.1, 0.15) is 23.6 Å². The van der Waals surface area contributed by atoms with E-state index in [0.717, 1.165) is 6.42 Å². The normalized spacial score (nSPS) is 25.7. The number of hydrogen-bond acceptors (Lipinski definition) is 2. The van der Waals surface area contributed by atoms with Crippen molar-refractivity contribution in [2.24, 2.45) is 18.7 Å². The van der Waals surface area contributed by atoms with Crippen LogP contribution >= 0.6 is 0 Å². The minimum atomic E-state index is -4.36. The molecule has 0 amide bonds. The Hall–Kier alpha value is -1.04. The molecular weight excluding hydrogens is 207 g/mol. The number of nitrogens with two attached hydrogens (primary N) is 1. The molecule has 1 aromatic heterocycles. The molecule has 0 radical (unpaired) electrons. The number of hydrogen-bond donors (Lipinski definition) is 1. The Balaban J connectivity index is 2.31. The first kappa shape index (κ1) is 10.5. The number of alkyl halides is 3. The van der Waals surface area contributed by atoms with E-state index in [-0.39, 0.29) is 11.8 Å². The van der Waals surface area contributed by atoms with E-state index < -0.39 is 11.9 Å². The number of halogens is 3. The summed E-state index contributed by atoms with van der Waals surface area (Å²) in [4.78, 5) is 0. The number of aryl methyl sites for hydroxylation is 1. The van der Waals surface area contributed by atoms with Crippen LogP contribution in [0.2, 0.25) is 0 Å². The summed E-state index contributed by atoms with van der Waals surface area (Å²) in [7, 11) is 1.50. The third kappa shape index (κ3) is 1.86. The van der Waals surface area contributed by atoms with Crippen LogP contribution in [-0.2, 0) is 13.2 Å². The van der Waals surface area contributed by atoms with E-state index in [1.54, 1.807) is 0 Å². The summed E-state index contributed by atoms with van der Waals surface area (Å²) >= 11 is 0. The van der Waals surface area contributed by atoms with Crippen LogP contribution < -0.4 is 5.73 Å². The van der Waals surface area contributed by atoms with E-state index in [2.05, 4.69) is 5.10 Å². The average Bonchev–Trinajstić information content (AvgIpc) is 2.80. The van der Waals surface area contributed by atoms with Gasteiger partial charge in [-0.15, -0.1) is 0 Å². The van der Waals surface area contributed by atoms with Crippen molar-refractivity contribution < 1.29 is 13.2 Å². The molecule has 2 rings (SSSR count). The van der Waals surface area contributed by atoms with Gasteiger partial charge >= 0.3 is 6.18 Å². The minimum Gasteiger partial charge on any atom is -0.330 e. The maximum Gasteiger partial charge on any atom is 0.435 e. The smallest absolute Gasteiger partial charge is 0.330 e. The van der Waals surface area contributed by atoms with Crippen LogP contribution in [-0.4, -0.2) is 16.3 Å². The second-order valence-electron chi connectivity index (χ2n) is 3.94. The van der Waals surface area contributed by atoms with E-state index in [1.807, 2.05) is 0 Å². The molecule has 3 nitrogen and oxygen atoms in total. The molecule has 0 spiro atoms. The van der Waals surface area contributed by atoms with Crippen LogP contribution in [0.5, 0.6) is 0 Å². The highest BCUT2D eigenvalue weighted by Crippen LogP contribution is 2.49. The monoisotopic (exact) mass is 219 g/mol. The fraction of sp³-hybridized carbons (Fsp3) is 0.667. The molecule has 84 valence electrons. The predicted molar refractivity (Wildman–Crippen MR) is 48.1 cm³/mol. The molecule has 2 N–H and O–H groups in total. The van der Waals surface area contributed by atoms with E-state index >= 15 is 0 Å². The van der Waals surface area contributed by atoms with Gasteiger partial charge in [-0.1, -0.05) is 0 Å². The Labute approximate surface area is 85.1 Å². The highest BCUT2D eigenvalue weighted by atomic mass is 19.4. The highest BCUT2D eigenvalue weighted by molar-refractivity contribution is 5.30. The summed E-state index contributed by atoms with van der Waals surface area (Å²) in [6.45, 7) is 0.441. The lowest BCUT2D eigenvalue weighted by Gasteiger charge is -2.04. The fourth-order valence-electron chi connectivity index (χ4n) is 1.89. The van der Waals surface area contributed by atoms with E-state index in [0.29, 0.717) is 12.1 Å². The zero-order valence-corrected chi connectivity index (χ0v) is 8.25. The Bertz CT molecular complexity index is 369. The van der Waals surface area contributed by atoms with Gasteiger partial charge in [-0.05, 0) is 24.8 Å². The van der Waals surface area contributed by atoms with Crippen molar-refractivity contribution in [2.45, 2.75) is 18.5 Å². The molecule has 15 heavy (non-hydrogen) atoms. The molecule has 0 aliphatic heterocycles. The van der Waals surface area contributed by atoms with Gasteiger partial charge in [-0.25, -0.2) is 0 Å². The van der Waals surface area contributed by atoms with Crippen molar-refractivity contribution in [3.05, 3.63) is 17.5 Å². The SMILES string of the molecule is Cn1cc(C2CC2CN)c(C(F)(F)F)n1. The minimum absolute atomic E-state index is 0.0553. The van der Waals surface area contributed by atoms with Crippen LogP contribution in [0.3, 0.4) is 0 Å². The Kier molecular flexibility index (Phi) is 2.26. The first-order valence-electron chi connectivity index (χ1n) is 4.74. The summed E-state index contributed by atoms with van der Waals surface area (Å²) < 4.78 is 38.9. The summed E-state index contributed by atoms with van der Waals surface area (Å²) in [5.41, 5.74) is 4.95. The van der Waals surface area contributed by atoms with Crippen molar-refractivity contribution >= 4 is 0 Å². The first-order chi connectivity index (χ1) is 6.93. The maximum atomic E-state index is 12.6. The molecule has 0 bridgehead atoms. The van der Waals surface area contributed by atoms with Crippen molar-refractivity contribution in [3.63, 3.8) is 0 Å². The third-order valence-electron chi connectivity index (χ3n) is 2.75. The van der Waals surface area contributed by atoms with Crippen LogP contribution in [0.15, 0.2) is 6.20 Å². The summed E-state index contributed by atoms with van der Waals surface area (Å²) in [5, 5.41) is 3.46. The third-order valence-corrected chi connectivity index (χ3v) is 2.75. The zero-order chi connectivity index (χ0) is 11.2. The zero-order valence-electron chi connectivity index (χ0n) is 8.25. The Morgan fingerprint density at radius 2 is 2.27 bits per heavy atom. The number of rotatable bonds is 2. The highest BCUT2D eigenvalue weighted by Gasteiger charge is 2.45. The van der Waals surface area contributed by atoms with Gasteiger partial charge in [0.25, 0.3) is 0 Å². The first-order valence-corrected chi connectivity index (χ1v) is 4.74. The van der Waals surface area contributed by atoms with Crippen LogP contribution in [0.25, 0.3) is 0 Å². The van der Waals surface area contributed by atoms with Gasteiger partial charge in [0.05, 0.1) is 0 Å². The standard InChI is InChI=1S/C9H12F3N3/c1-15-4-7(6-2-5(6)3-13)8(14-15)9(10,11)12/h4-6H,2-3,13H2,1H3. The summed E-state index contributed by atoms with van der Waals surface area (Å²) in [5.74, 6) is 0.135. The molecule has 1 saturated carbocycles. The molecule has 2 unspecified atom stereocenters. The van der Waals surface area contributed by atoms with Gasteiger partial charge < -0.3 is 5.73 Å². The van der Waals surface area contributed by atoms with Gasteiger partial charge in [-0.2, -0.15) is 18.3 Å². The van der Waals surface area contributed by atoms with Gasteiger partial charge in [0.2, 0.25) is 0 Å². The lowest BCUT2D eigenvalue weighted by molar-refractivity contribution is -0.142. The molecule has 1 fully saturated rings. The topological polar surface area (TPSA) is 43.8 Å². The lowest BCUT2D eigenvalue weighted by Crippen LogP contribution is -2.10. The van der Waals surface area contributed by atoms with Gasteiger partial charge in [0, 0.05) is 18.8 Å².